The van der Waals surface area contributed by atoms with Crippen molar-refractivity contribution < 1.29 is 9.59 Å². The predicted octanol–water partition coefficient (Wildman–Crippen LogP) is 2.99. The average Bonchev–Trinajstić information content (AvgIpc) is 2.74. The Morgan fingerprint density at radius 3 is 2.60 bits per heavy atom. The third-order valence-electron chi connectivity index (χ3n) is 2.35. The summed E-state index contributed by atoms with van der Waals surface area (Å²) in [5, 5.41) is 11.6. The van der Waals surface area contributed by atoms with E-state index in [0.29, 0.717) is 10.8 Å². The van der Waals surface area contributed by atoms with Gasteiger partial charge in [0.2, 0.25) is 0 Å². The summed E-state index contributed by atoms with van der Waals surface area (Å²) < 4.78 is 0. The maximum atomic E-state index is 11.9. The largest absolute Gasteiger partial charge is 0.327 e. The van der Waals surface area contributed by atoms with Crippen LogP contribution in [0.5, 0.6) is 0 Å². The first-order valence-corrected chi connectivity index (χ1v) is 6.30. The van der Waals surface area contributed by atoms with Gasteiger partial charge in [-0.2, -0.15) is 5.10 Å². The Labute approximate surface area is 124 Å². The van der Waals surface area contributed by atoms with E-state index in [9.17, 15) is 9.59 Å². The Bertz CT molecular complexity index is 669. The maximum absolute atomic E-state index is 11.9. The molecular formula is C12H10Cl2N4O2. The van der Waals surface area contributed by atoms with Crippen molar-refractivity contribution in [2.45, 2.75) is 6.92 Å². The van der Waals surface area contributed by atoms with Crippen LogP contribution in [0.1, 0.15) is 16.1 Å². The van der Waals surface area contributed by atoms with Crippen LogP contribution in [0.25, 0.3) is 0 Å². The zero-order chi connectivity index (χ0) is 14.7. The monoisotopic (exact) mass is 312 g/mol. The van der Waals surface area contributed by atoms with E-state index in [4.69, 9.17) is 23.2 Å². The number of H-pyrrole nitrogens is 1. The quantitative estimate of drug-likeness (QED) is 0.796. The first-order chi connectivity index (χ1) is 9.45. The first-order valence-electron chi connectivity index (χ1n) is 5.55. The fourth-order valence-electron chi connectivity index (χ4n) is 1.47. The number of aromatic nitrogens is 2. The number of nitrogens with zero attached hydrogens (tertiary/aromatic N) is 1. The molecule has 20 heavy (non-hydrogen) atoms. The average molecular weight is 313 g/mol. The van der Waals surface area contributed by atoms with E-state index in [-0.39, 0.29) is 10.6 Å². The molecular weight excluding hydrogens is 303 g/mol. The molecule has 0 aliphatic heterocycles. The molecule has 0 aliphatic rings. The van der Waals surface area contributed by atoms with E-state index in [1.807, 2.05) is 0 Å². The number of carbonyl (C=O) groups is 2. The van der Waals surface area contributed by atoms with Crippen molar-refractivity contribution in [3.63, 3.8) is 0 Å². The smallest absolute Gasteiger partial charge is 0.291 e. The SMILES string of the molecule is Cc1cc(NC(=O)NC(=O)c2ccc(Cl)cc2Cl)n[nH]1. The van der Waals surface area contributed by atoms with Crippen molar-refractivity contribution in [3.05, 3.63) is 45.6 Å². The predicted molar refractivity (Wildman–Crippen MR) is 76.3 cm³/mol. The van der Waals surface area contributed by atoms with Gasteiger partial charge in [0.15, 0.2) is 5.82 Å². The standard InChI is InChI=1S/C12H10Cl2N4O2/c1-6-4-10(18-17-6)15-12(20)16-11(19)8-3-2-7(13)5-9(8)14/h2-5H,1H3,(H3,15,16,17,18,19,20). The van der Waals surface area contributed by atoms with E-state index in [1.54, 1.807) is 13.0 Å². The molecule has 104 valence electrons. The van der Waals surface area contributed by atoms with Gasteiger partial charge in [0.25, 0.3) is 5.91 Å². The molecule has 0 atom stereocenters. The fourth-order valence-corrected chi connectivity index (χ4v) is 1.97. The summed E-state index contributed by atoms with van der Waals surface area (Å²) in [6.07, 6.45) is 0. The third-order valence-corrected chi connectivity index (χ3v) is 2.90. The lowest BCUT2D eigenvalue weighted by atomic mass is 10.2. The van der Waals surface area contributed by atoms with Gasteiger partial charge >= 0.3 is 6.03 Å². The molecule has 0 aliphatic carbocycles. The van der Waals surface area contributed by atoms with Gasteiger partial charge in [-0.15, -0.1) is 0 Å². The van der Waals surface area contributed by atoms with Gasteiger partial charge in [-0.05, 0) is 25.1 Å². The normalized spacial score (nSPS) is 10.2. The number of anilines is 1. The highest BCUT2D eigenvalue weighted by Gasteiger charge is 2.14. The van der Waals surface area contributed by atoms with Crippen LogP contribution >= 0.6 is 23.2 Å². The number of halogens is 2. The molecule has 0 unspecified atom stereocenters. The van der Waals surface area contributed by atoms with Crippen molar-refractivity contribution in [1.29, 1.82) is 0 Å². The maximum Gasteiger partial charge on any atom is 0.327 e. The van der Waals surface area contributed by atoms with E-state index >= 15 is 0 Å². The molecule has 0 bridgehead atoms. The molecule has 1 aromatic heterocycles. The van der Waals surface area contributed by atoms with Crippen molar-refractivity contribution in [3.8, 4) is 0 Å². The Morgan fingerprint density at radius 1 is 1.25 bits per heavy atom. The first kappa shape index (κ1) is 14.4. The number of hydrogen-bond donors (Lipinski definition) is 3. The fraction of sp³-hybridized carbons (Fsp3) is 0.0833. The minimum absolute atomic E-state index is 0.157. The Morgan fingerprint density at radius 2 is 2.00 bits per heavy atom. The Balaban J connectivity index is 2.02. The number of aryl methyl sites for hydroxylation is 1. The molecule has 0 radical (unpaired) electrons. The highest BCUT2D eigenvalue weighted by molar-refractivity contribution is 6.37. The summed E-state index contributed by atoms with van der Waals surface area (Å²) >= 11 is 11.6. The topological polar surface area (TPSA) is 86.9 Å². The minimum atomic E-state index is -0.701. The number of hydrogen-bond acceptors (Lipinski definition) is 3. The number of urea groups is 1. The van der Waals surface area contributed by atoms with Gasteiger partial charge in [-0.3, -0.25) is 20.5 Å². The number of rotatable bonds is 2. The Hall–Kier alpha value is -2.05. The molecule has 0 saturated carbocycles. The number of benzene rings is 1. The summed E-state index contributed by atoms with van der Waals surface area (Å²) in [7, 11) is 0. The summed E-state index contributed by atoms with van der Waals surface area (Å²) in [5.74, 6) is -0.313. The molecule has 3 amide bonds. The molecule has 0 fully saturated rings. The number of nitrogens with one attached hydrogen (secondary N) is 3. The van der Waals surface area contributed by atoms with E-state index in [1.165, 1.54) is 18.2 Å². The lowest BCUT2D eigenvalue weighted by Gasteiger charge is -2.06. The number of carbonyl (C=O) groups excluding carboxylic acids is 2. The molecule has 2 aromatic rings. The van der Waals surface area contributed by atoms with Crippen LogP contribution < -0.4 is 10.6 Å². The van der Waals surface area contributed by atoms with Crippen LogP contribution in [0.3, 0.4) is 0 Å². The van der Waals surface area contributed by atoms with Crippen LogP contribution in [0.15, 0.2) is 24.3 Å². The van der Waals surface area contributed by atoms with Crippen LogP contribution in [-0.2, 0) is 0 Å². The second kappa shape index (κ2) is 5.94. The Kier molecular flexibility index (Phi) is 4.26. The molecule has 6 nitrogen and oxygen atoms in total. The minimum Gasteiger partial charge on any atom is -0.291 e. The van der Waals surface area contributed by atoms with Crippen molar-refractivity contribution in [2.24, 2.45) is 0 Å². The molecule has 8 heteroatoms. The number of amides is 3. The molecule has 1 aromatic carbocycles. The van der Waals surface area contributed by atoms with Crippen molar-refractivity contribution in [1.82, 2.24) is 15.5 Å². The van der Waals surface area contributed by atoms with Gasteiger partial charge < -0.3 is 0 Å². The lowest BCUT2D eigenvalue weighted by molar-refractivity contribution is 0.0967. The lowest BCUT2D eigenvalue weighted by Crippen LogP contribution is -2.34. The highest BCUT2D eigenvalue weighted by Crippen LogP contribution is 2.20. The van der Waals surface area contributed by atoms with E-state index in [0.717, 1.165) is 5.69 Å². The van der Waals surface area contributed by atoms with Gasteiger partial charge in [0.05, 0.1) is 10.6 Å². The summed E-state index contributed by atoms with van der Waals surface area (Å²) in [4.78, 5) is 23.5. The van der Waals surface area contributed by atoms with E-state index in [2.05, 4.69) is 20.8 Å². The summed E-state index contributed by atoms with van der Waals surface area (Å²) in [5.41, 5.74) is 0.941. The van der Waals surface area contributed by atoms with Crippen LogP contribution in [-0.4, -0.2) is 22.1 Å². The zero-order valence-corrected chi connectivity index (χ0v) is 11.8. The molecule has 3 N–H and O–H groups in total. The summed E-state index contributed by atoms with van der Waals surface area (Å²) in [6, 6.07) is 5.29. The van der Waals surface area contributed by atoms with Crippen LogP contribution in [0, 0.1) is 6.92 Å². The zero-order valence-electron chi connectivity index (χ0n) is 10.3. The highest BCUT2D eigenvalue weighted by atomic mass is 35.5. The molecule has 0 spiro atoms. The van der Waals surface area contributed by atoms with Crippen LogP contribution in [0.4, 0.5) is 10.6 Å². The van der Waals surface area contributed by atoms with Crippen molar-refractivity contribution in [2.75, 3.05) is 5.32 Å². The van der Waals surface area contributed by atoms with Gasteiger partial charge in [-0.1, -0.05) is 23.2 Å². The third kappa shape index (κ3) is 3.49. The molecule has 1 heterocycles. The molecule has 0 saturated heterocycles. The van der Waals surface area contributed by atoms with Crippen molar-refractivity contribution >= 4 is 41.0 Å². The molecule has 2 rings (SSSR count). The number of imide groups is 1. The summed E-state index contributed by atoms with van der Waals surface area (Å²) in [6.45, 7) is 1.79. The van der Waals surface area contributed by atoms with E-state index < -0.39 is 11.9 Å². The second-order valence-corrected chi connectivity index (χ2v) is 4.81. The van der Waals surface area contributed by atoms with Gasteiger partial charge in [0, 0.05) is 16.8 Å². The van der Waals surface area contributed by atoms with Gasteiger partial charge in [0.1, 0.15) is 0 Å². The second-order valence-electron chi connectivity index (χ2n) is 3.97. The van der Waals surface area contributed by atoms with Gasteiger partial charge in [-0.25, -0.2) is 4.79 Å². The number of aromatic amines is 1. The van der Waals surface area contributed by atoms with Crippen LogP contribution in [0.2, 0.25) is 10.0 Å².